The van der Waals surface area contributed by atoms with Crippen LogP contribution in [0, 0.1) is 0 Å². The van der Waals surface area contributed by atoms with Gasteiger partial charge in [-0.05, 0) is 119 Å². The fourth-order valence-corrected chi connectivity index (χ4v) is 6.17. The molecule has 242 valence electrons. The van der Waals surface area contributed by atoms with Gasteiger partial charge < -0.3 is 18.6 Å². The predicted molar refractivity (Wildman–Crippen MR) is 195 cm³/mol. The van der Waals surface area contributed by atoms with E-state index in [1.54, 1.807) is 0 Å². The van der Waals surface area contributed by atoms with Gasteiger partial charge in [0.2, 0.25) is 0 Å². The van der Waals surface area contributed by atoms with Crippen molar-refractivity contribution in [3.8, 4) is 44.8 Å². The van der Waals surface area contributed by atoms with Crippen LogP contribution in [0.15, 0.2) is 109 Å². The first-order valence-corrected chi connectivity index (χ1v) is 16.7. The van der Waals surface area contributed by atoms with E-state index in [1.807, 2.05) is 48.8 Å². The molecule has 0 aliphatic carbocycles. The zero-order valence-corrected chi connectivity index (χ0v) is 29.1. The molecule has 48 heavy (non-hydrogen) atoms. The van der Waals surface area contributed by atoms with Gasteiger partial charge in [0.25, 0.3) is 0 Å². The summed E-state index contributed by atoms with van der Waals surface area (Å²) in [6.45, 7) is 16.7. The third kappa shape index (κ3) is 5.81. The van der Waals surface area contributed by atoms with Crippen LogP contribution in [0.3, 0.4) is 0 Å². The summed E-state index contributed by atoms with van der Waals surface area (Å²) in [6, 6.07) is 33.4. The Morgan fingerprint density at radius 3 is 1.06 bits per heavy atom. The number of rotatable bonds is 6. The van der Waals surface area contributed by atoms with Crippen molar-refractivity contribution in [2.75, 3.05) is 0 Å². The molecule has 2 fully saturated rings. The topological polar surface area (TPSA) is 62.7 Å². The number of pyridine rings is 2. The van der Waals surface area contributed by atoms with Gasteiger partial charge in [0.1, 0.15) is 0 Å². The van der Waals surface area contributed by atoms with Crippen LogP contribution in [0.25, 0.3) is 44.8 Å². The molecule has 0 amide bonds. The molecule has 0 atom stereocenters. The minimum Gasteiger partial charge on any atom is -0.399 e. The molecule has 0 bridgehead atoms. The maximum Gasteiger partial charge on any atom is 0.495 e. The van der Waals surface area contributed by atoms with Crippen LogP contribution in [0.1, 0.15) is 55.4 Å². The van der Waals surface area contributed by atoms with Crippen molar-refractivity contribution in [1.29, 1.82) is 0 Å². The second kappa shape index (κ2) is 11.8. The lowest BCUT2D eigenvalue weighted by Crippen LogP contribution is -2.43. The molecule has 0 spiro atoms. The molecule has 0 saturated carbocycles. The van der Waals surface area contributed by atoms with Crippen LogP contribution < -0.4 is 10.9 Å². The molecule has 4 heterocycles. The predicted octanol–water partition coefficient (Wildman–Crippen LogP) is 7.74. The molecular formula is C40H42B2N2O4. The van der Waals surface area contributed by atoms with Gasteiger partial charge in [0, 0.05) is 23.5 Å². The lowest BCUT2D eigenvalue weighted by atomic mass is 9.66. The second-order valence-corrected chi connectivity index (χ2v) is 14.8. The van der Waals surface area contributed by atoms with Crippen LogP contribution in [-0.2, 0) is 18.6 Å². The van der Waals surface area contributed by atoms with E-state index in [2.05, 4.69) is 126 Å². The maximum atomic E-state index is 6.69. The molecule has 3 aromatic carbocycles. The van der Waals surface area contributed by atoms with Crippen molar-refractivity contribution >= 4 is 25.2 Å². The minimum atomic E-state index is -0.595. The summed E-state index contributed by atoms with van der Waals surface area (Å²) in [5.74, 6) is 0. The van der Waals surface area contributed by atoms with Crippen LogP contribution in [0.4, 0.5) is 0 Å². The van der Waals surface area contributed by atoms with Crippen LogP contribution in [0.5, 0.6) is 0 Å². The standard InChI is InChI=1S/C40H42B2N2O4/c1-37(2)38(3,4)46-41(45-37)33-26-34(42-47-39(5,6)40(7,8)48-42)32(28-17-21-30(22-18-28)36-14-10-12-24-44-36)25-31(33)27-15-19-29(20-16-27)35-13-9-11-23-43-35/h9-26H,1-8H3. The average Bonchev–Trinajstić information content (AvgIpc) is 3.44. The second-order valence-electron chi connectivity index (χ2n) is 14.8. The van der Waals surface area contributed by atoms with Crippen LogP contribution in [-0.4, -0.2) is 46.6 Å². The highest BCUT2D eigenvalue weighted by atomic mass is 16.7. The largest absolute Gasteiger partial charge is 0.495 e. The quantitative estimate of drug-likeness (QED) is 0.178. The lowest BCUT2D eigenvalue weighted by molar-refractivity contribution is 0.00578. The van der Waals surface area contributed by atoms with E-state index in [1.165, 1.54) is 0 Å². The Morgan fingerprint density at radius 1 is 0.417 bits per heavy atom. The third-order valence-electron chi connectivity index (χ3n) is 10.5. The minimum absolute atomic E-state index is 0.512. The molecule has 2 aliphatic heterocycles. The van der Waals surface area contributed by atoms with E-state index in [-0.39, 0.29) is 0 Å². The fraction of sp³-hybridized carbons (Fsp3) is 0.300. The highest BCUT2D eigenvalue weighted by Gasteiger charge is 2.55. The van der Waals surface area contributed by atoms with Gasteiger partial charge in [-0.1, -0.05) is 66.7 Å². The maximum absolute atomic E-state index is 6.69. The van der Waals surface area contributed by atoms with Crippen molar-refractivity contribution in [1.82, 2.24) is 9.97 Å². The fourth-order valence-electron chi connectivity index (χ4n) is 6.17. The van der Waals surface area contributed by atoms with Gasteiger partial charge in [-0.25, -0.2) is 0 Å². The molecule has 5 aromatic rings. The molecular weight excluding hydrogens is 594 g/mol. The summed E-state index contributed by atoms with van der Waals surface area (Å²) < 4.78 is 26.8. The van der Waals surface area contributed by atoms with E-state index in [0.717, 1.165) is 55.7 Å². The van der Waals surface area contributed by atoms with Gasteiger partial charge in [0.05, 0.1) is 33.8 Å². The summed E-state index contributed by atoms with van der Waals surface area (Å²) in [7, 11) is -1.19. The monoisotopic (exact) mass is 636 g/mol. The van der Waals surface area contributed by atoms with Gasteiger partial charge in [-0.15, -0.1) is 0 Å². The molecule has 7 rings (SSSR count). The average molecular weight is 636 g/mol. The van der Waals surface area contributed by atoms with Crippen molar-refractivity contribution in [2.45, 2.75) is 77.8 Å². The molecule has 2 aromatic heterocycles. The zero-order chi connectivity index (χ0) is 33.9. The van der Waals surface area contributed by atoms with Gasteiger partial charge in [0.15, 0.2) is 0 Å². The molecule has 2 aliphatic rings. The van der Waals surface area contributed by atoms with E-state index < -0.39 is 36.6 Å². The Bertz CT molecular complexity index is 1760. The number of nitrogens with zero attached hydrogens (tertiary/aromatic N) is 2. The summed E-state index contributed by atoms with van der Waals surface area (Å²) in [4.78, 5) is 9.11. The molecule has 6 nitrogen and oxygen atoms in total. The Balaban J connectivity index is 1.41. The molecule has 0 N–H and O–H groups in total. The molecule has 0 unspecified atom stereocenters. The number of hydrogen-bond acceptors (Lipinski definition) is 6. The SMILES string of the molecule is CC1(C)OB(c2cc(B3OC(C)(C)C(C)(C)O3)c(-c3ccc(-c4ccccn4)cc3)cc2-c2ccc(-c3ccccn3)cc2)OC1(C)C. The molecule has 0 radical (unpaired) electrons. The van der Waals surface area contributed by atoms with E-state index in [4.69, 9.17) is 18.6 Å². The number of benzene rings is 3. The Labute approximate surface area is 285 Å². The van der Waals surface area contributed by atoms with Crippen LogP contribution in [0.2, 0.25) is 0 Å². The zero-order valence-electron chi connectivity index (χ0n) is 29.1. The summed E-state index contributed by atoms with van der Waals surface area (Å²) in [5, 5.41) is 0. The van der Waals surface area contributed by atoms with Crippen molar-refractivity contribution < 1.29 is 18.6 Å². The van der Waals surface area contributed by atoms with Gasteiger partial charge in [-0.3, -0.25) is 9.97 Å². The van der Waals surface area contributed by atoms with Crippen molar-refractivity contribution in [3.05, 3.63) is 109 Å². The number of hydrogen-bond donors (Lipinski definition) is 0. The highest BCUT2D eigenvalue weighted by Crippen LogP contribution is 2.40. The van der Waals surface area contributed by atoms with Crippen molar-refractivity contribution in [3.63, 3.8) is 0 Å². The van der Waals surface area contributed by atoms with E-state index in [9.17, 15) is 0 Å². The normalized spacial score (nSPS) is 19.1. The first-order valence-electron chi connectivity index (χ1n) is 16.7. The first kappa shape index (κ1) is 32.5. The van der Waals surface area contributed by atoms with Crippen LogP contribution >= 0.6 is 0 Å². The van der Waals surface area contributed by atoms with Gasteiger partial charge in [-0.2, -0.15) is 0 Å². The smallest absolute Gasteiger partial charge is 0.399 e. The van der Waals surface area contributed by atoms with Gasteiger partial charge >= 0.3 is 14.2 Å². The third-order valence-corrected chi connectivity index (χ3v) is 10.5. The Morgan fingerprint density at radius 2 is 0.750 bits per heavy atom. The molecule has 2 saturated heterocycles. The first-order chi connectivity index (χ1) is 22.7. The highest BCUT2D eigenvalue weighted by molar-refractivity contribution is 6.68. The summed E-state index contributed by atoms with van der Waals surface area (Å²) >= 11 is 0. The summed E-state index contributed by atoms with van der Waals surface area (Å²) in [6.07, 6.45) is 3.64. The van der Waals surface area contributed by atoms with E-state index in [0.29, 0.717) is 0 Å². The Kier molecular flexibility index (Phi) is 7.99. The Hall–Kier alpha value is -4.07. The summed E-state index contributed by atoms with van der Waals surface area (Å²) in [5.41, 5.74) is 7.91. The number of aromatic nitrogens is 2. The van der Waals surface area contributed by atoms with Crippen molar-refractivity contribution in [2.24, 2.45) is 0 Å². The van der Waals surface area contributed by atoms with E-state index >= 15 is 0 Å². The molecule has 8 heteroatoms. The lowest BCUT2D eigenvalue weighted by Gasteiger charge is -2.32.